The zero-order valence-corrected chi connectivity index (χ0v) is 9.48. The number of aliphatic hydroxyl groups is 1. The minimum absolute atomic E-state index is 0.0550. The van der Waals surface area contributed by atoms with Gasteiger partial charge in [-0.1, -0.05) is 0 Å². The number of amides is 1. The van der Waals surface area contributed by atoms with Gasteiger partial charge in [-0.2, -0.15) is 0 Å². The molecular weight excluding hydrogens is 204 g/mol. The standard InChI is InChI=1S/C12H19N2O2/c15-11(14-9-2-4-13-7-9)10-6-12(16)3-1-8(10)5-12/h8-10,16H,1-7H2,(H,14,15). The molecule has 1 aliphatic heterocycles. The monoisotopic (exact) mass is 223 g/mol. The van der Waals surface area contributed by atoms with Crippen molar-refractivity contribution in [2.45, 2.75) is 43.7 Å². The molecule has 3 fully saturated rings. The van der Waals surface area contributed by atoms with Crippen LogP contribution in [0.2, 0.25) is 0 Å². The van der Waals surface area contributed by atoms with Gasteiger partial charge in [0.1, 0.15) is 0 Å². The lowest BCUT2D eigenvalue weighted by molar-refractivity contribution is -0.128. The smallest absolute Gasteiger partial charge is 0.223 e. The highest BCUT2D eigenvalue weighted by molar-refractivity contribution is 5.80. The van der Waals surface area contributed by atoms with E-state index >= 15 is 0 Å². The second-order valence-electron chi connectivity index (χ2n) is 5.66. The Morgan fingerprint density at radius 3 is 2.81 bits per heavy atom. The van der Waals surface area contributed by atoms with E-state index in [4.69, 9.17) is 0 Å². The van der Waals surface area contributed by atoms with E-state index in [1.807, 2.05) is 0 Å². The molecule has 2 bridgehead atoms. The molecule has 4 heteroatoms. The lowest BCUT2D eigenvalue weighted by Crippen LogP contribution is -2.42. The molecule has 0 aromatic heterocycles. The third-order valence-electron chi connectivity index (χ3n) is 4.46. The topological polar surface area (TPSA) is 63.4 Å². The Hall–Kier alpha value is -0.610. The summed E-state index contributed by atoms with van der Waals surface area (Å²) >= 11 is 0. The van der Waals surface area contributed by atoms with Crippen molar-refractivity contribution in [2.75, 3.05) is 13.1 Å². The molecule has 4 unspecified atom stereocenters. The second-order valence-corrected chi connectivity index (χ2v) is 5.66. The van der Waals surface area contributed by atoms with E-state index in [9.17, 15) is 9.90 Å². The largest absolute Gasteiger partial charge is 0.390 e. The molecule has 1 radical (unpaired) electrons. The Balaban J connectivity index is 1.59. The minimum Gasteiger partial charge on any atom is -0.390 e. The minimum atomic E-state index is -0.521. The summed E-state index contributed by atoms with van der Waals surface area (Å²) in [6, 6.07) is 0.251. The molecule has 1 heterocycles. The van der Waals surface area contributed by atoms with Crippen molar-refractivity contribution in [3.63, 3.8) is 0 Å². The normalized spacial score (nSPS) is 46.2. The van der Waals surface area contributed by atoms with Crippen LogP contribution in [0.1, 0.15) is 32.1 Å². The van der Waals surface area contributed by atoms with Gasteiger partial charge in [0.2, 0.25) is 5.91 Å². The van der Waals surface area contributed by atoms with E-state index in [1.54, 1.807) is 0 Å². The molecule has 4 atom stereocenters. The van der Waals surface area contributed by atoms with Gasteiger partial charge in [0.25, 0.3) is 0 Å². The summed E-state index contributed by atoms with van der Waals surface area (Å²) in [4.78, 5) is 12.1. The molecule has 1 amide bonds. The average molecular weight is 223 g/mol. The average Bonchev–Trinajstić information content (AvgIpc) is 2.91. The third kappa shape index (κ3) is 1.74. The van der Waals surface area contributed by atoms with E-state index in [-0.39, 0.29) is 17.9 Å². The van der Waals surface area contributed by atoms with Crippen LogP contribution in [0.15, 0.2) is 0 Å². The number of hydrogen-bond acceptors (Lipinski definition) is 2. The van der Waals surface area contributed by atoms with Crippen LogP contribution in [0, 0.1) is 11.8 Å². The van der Waals surface area contributed by atoms with Crippen LogP contribution in [0.4, 0.5) is 0 Å². The van der Waals surface area contributed by atoms with Crippen LogP contribution >= 0.6 is 0 Å². The zero-order chi connectivity index (χ0) is 11.2. The first kappa shape index (κ1) is 10.5. The third-order valence-corrected chi connectivity index (χ3v) is 4.46. The van der Waals surface area contributed by atoms with Crippen LogP contribution < -0.4 is 10.6 Å². The van der Waals surface area contributed by atoms with Gasteiger partial charge in [-0.3, -0.25) is 4.79 Å². The highest BCUT2D eigenvalue weighted by atomic mass is 16.3. The van der Waals surface area contributed by atoms with Gasteiger partial charge < -0.3 is 10.4 Å². The zero-order valence-electron chi connectivity index (χ0n) is 9.48. The van der Waals surface area contributed by atoms with E-state index < -0.39 is 5.60 Å². The molecule has 3 rings (SSSR count). The summed E-state index contributed by atoms with van der Waals surface area (Å²) in [6.45, 7) is 1.65. The van der Waals surface area contributed by atoms with Gasteiger partial charge in [-0.25, -0.2) is 5.32 Å². The molecule has 89 valence electrons. The first-order valence-corrected chi connectivity index (χ1v) is 6.32. The van der Waals surface area contributed by atoms with Crippen molar-refractivity contribution in [1.82, 2.24) is 10.6 Å². The molecule has 0 aromatic rings. The number of nitrogens with zero attached hydrogens (tertiary/aromatic N) is 1. The highest BCUT2D eigenvalue weighted by Gasteiger charge is 2.52. The van der Waals surface area contributed by atoms with Crippen molar-refractivity contribution < 1.29 is 9.90 Å². The number of carbonyl (C=O) groups is 1. The fourth-order valence-corrected chi connectivity index (χ4v) is 3.57. The van der Waals surface area contributed by atoms with Gasteiger partial charge >= 0.3 is 0 Å². The number of fused-ring (bicyclic) bond motifs is 2. The molecule has 16 heavy (non-hydrogen) atoms. The maximum Gasteiger partial charge on any atom is 0.223 e. The Bertz CT molecular complexity index is 301. The summed E-state index contributed by atoms with van der Waals surface area (Å²) in [6.07, 6.45) is 4.39. The predicted octanol–water partition coefficient (Wildman–Crippen LogP) is 0.0304. The van der Waals surface area contributed by atoms with Crippen LogP contribution in [-0.4, -0.2) is 35.7 Å². The maximum absolute atomic E-state index is 12.1. The van der Waals surface area contributed by atoms with Crippen LogP contribution in [0.3, 0.4) is 0 Å². The molecule has 3 aliphatic rings. The Kier molecular flexibility index (Phi) is 2.44. The van der Waals surface area contributed by atoms with Gasteiger partial charge in [-0.15, -0.1) is 0 Å². The van der Waals surface area contributed by atoms with Crippen molar-refractivity contribution in [2.24, 2.45) is 11.8 Å². The first-order valence-electron chi connectivity index (χ1n) is 6.32. The SMILES string of the molecule is O=C(NC1CC[N]C1)C1CC2(O)CCC1C2. The molecule has 0 spiro atoms. The summed E-state index contributed by atoms with van der Waals surface area (Å²) in [5.74, 6) is 0.630. The quantitative estimate of drug-likeness (QED) is 0.694. The summed E-state index contributed by atoms with van der Waals surface area (Å²) in [5.41, 5.74) is -0.521. The molecule has 2 aliphatic carbocycles. The lowest BCUT2D eigenvalue weighted by atomic mass is 9.86. The Morgan fingerprint density at radius 1 is 1.38 bits per heavy atom. The van der Waals surface area contributed by atoms with Gasteiger partial charge in [-0.05, 0) is 38.0 Å². The number of hydrogen-bond donors (Lipinski definition) is 2. The van der Waals surface area contributed by atoms with Gasteiger partial charge in [0.15, 0.2) is 0 Å². The van der Waals surface area contributed by atoms with E-state index in [0.717, 1.165) is 38.8 Å². The van der Waals surface area contributed by atoms with E-state index in [0.29, 0.717) is 12.3 Å². The van der Waals surface area contributed by atoms with Crippen molar-refractivity contribution in [3.8, 4) is 0 Å². The molecule has 0 aromatic carbocycles. The number of carbonyl (C=O) groups excluding carboxylic acids is 1. The Labute approximate surface area is 95.8 Å². The predicted molar refractivity (Wildman–Crippen MR) is 58.8 cm³/mol. The van der Waals surface area contributed by atoms with E-state index in [2.05, 4.69) is 10.6 Å². The van der Waals surface area contributed by atoms with Gasteiger partial charge in [0.05, 0.1) is 5.60 Å². The lowest BCUT2D eigenvalue weighted by Gasteiger charge is -2.25. The fourth-order valence-electron chi connectivity index (χ4n) is 3.57. The van der Waals surface area contributed by atoms with Crippen molar-refractivity contribution >= 4 is 5.91 Å². The summed E-state index contributed by atoms with van der Waals surface area (Å²) in [7, 11) is 0. The highest BCUT2D eigenvalue weighted by Crippen LogP contribution is 2.51. The van der Waals surface area contributed by atoms with Crippen LogP contribution in [-0.2, 0) is 4.79 Å². The van der Waals surface area contributed by atoms with Gasteiger partial charge in [0, 0.05) is 25.0 Å². The molecular formula is C12H19N2O2. The first-order chi connectivity index (χ1) is 7.66. The fraction of sp³-hybridized carbons (Fsp3) is 0.917. The van der Waals surface area contributed by atoms with Crippen LogP contribution in [0.5, 0.6) is 0 Å². The molecule has 2 saturated carbocycles. The van der Waals surface area contributed by atoms with E-state index in [1.165, 1.54) is 0 Å². The van der Waals surface area contributed by atoms with Crippen molar-refractivity contribution in [3.05, 3.63) is 0 Å². The Morgan fingerprint density at radius 2 is 2.25 bits per heavy atom. The molecule has 4 nitrogen and oxygen atoms in total. The molecule has 2 N–H and O–H groups in total. The number of rotatable bonds is 2. The summed E-state index contributed by atoms with van der Waals surface area (Å²) in [5, 5.41) is 17.4. The molecule has 1 saturated heterocycles. The summed E-state index contributed by atoms with van der Waals surface area (Å²) < 4.78 is 0. The maximum atomic E-state index is 12.1. The van der Waals surface area contributed by atoms with Crippen molar-refractivity contribution in [1.29, 1.82) is 0 Å². The second kappa shape index (κ2) is 3.70. The van der Waals surface area contributed by atoms with Crippen LogP contribution in [0.25, 0.3) is 0 Å². The number of nitrogens with one attached hydrogen (secondary N) is 1.